The molecular weight excluding hydrogens is 309 g/mol. The van der Waals surface area contributed by atoms with Gasteiger partial charge in [-0.15, -0.1) is 0 Å². The molecule has 0 aliphatic carbocycles. The van der Waals surface area contributed by atoms with E-state index >= 15 is 0 Å². The molecule has 7 heteroatoms. The molecule has 2 N–H and O–H groups in total. The van der Waals surface area contributed by atoms with Crippen molar-refractivity contribution >= 4 is 16.9 Å². The van der Waals surface area contributed by atoms with Crippen LogP contribution in [0.2, 0.25) is 0 Å². The van der Waals surface area contributed by atoms with Gasteiger partial charge in [0.1, 0.15) is 11.4 Å². The van der Waals surface area contributed by atoms with Crippen LogP contribution in [0.25, 0.3) is 10.9 Å². The largest absolute Gasteiger partial charge is 0.335 e. The second-order valence-electron chi connectivity index (χ2n) is 7.12. The molecule has 2 aromatic rings. The molecule has 5 heterocycles. The number of piperidine rings is 3. The van der Waals surface area contributed by atoms with Gasteiger partial charge in [-0.3, -0.25) is 10.6 Å². The minimum Gasteiger partial charge on any atom is -0.335 e. The Hall–Kier alpha value is -1.83. The Morgan fingerprint density at radius 2 is 2.08 bits per heavy atom. The molecule has 4 aliphatic rings. The smallest absolute Gasteiger partial charge is 0.229 e. The summed E-state index contributed by atoms with van der Waals surface area (Å²) in [5.74, 6) is 0.744. The minimum atomic E-state index is -0.559. The number of benzene rings is 1. The number of halogens is 1. The molecule has 4 fully saturated rings. The van der Waals surface area contributed by atoms with Gasteiger partial charge < -0.3 is 9.64 Å². The lowest BCUT2D eigenvalue weighted by Crippen LogP contribution is -2.61. The van der Waals surface area contributed by atoms with E-state index in [1.54, 1.807) is 12.3 Å². The number of hydrogen-bond acceptors (Lipinski definition) is 6. The average Bonchev–Trinajstić information content (AvgIpc) is 2.91. The van der Waals surface area contributed by atoms with Crippen molar-refractivity contribution in [3.05, 3.63) is 30.2 Å². The topological polar surface area (TPSA) is 67.5 Å². The fraction of sp³-hybridized carbons (Fsp3) is 0.529. The van der Waals surface area contributed by atoms with Gasteiger partial charge in [0.2, 0.25) is 5.95 Å². The molecule has 126 valence electrons. The molecule has 1 aromatic heterocycles. The molecule has 2 bridgehead atoms. The van der Waals surface area contributed by atoms with Gasteiger partial charge >= 0.3 is 0 Å². The highest BCUT2D eigenvalue weighted by atomic mass is 19.1. The normalized spacial score (nSPS) is 35.2. The first-order valence-electron chi connectivity index (χ1n) is 8.48. The Bertz CT molecular complexity index is 794. The van der Waals surface area contributed by atoms with E-state index in [1.807, 2.05) is 4.90 Å². The molecule has 1 aromatic carbocycles. The molecule has 0 amide bonds. The molecule has 0 saturated carbocycles. The number of aromatic nitrogens is 2. The average molecular weight is 329 g/mol. The summed E-state index contributed by atoms with van der Waals surface area (Å²) in [7, 11) is 0. The van der Waals surface area contributed by atoms with Crippen LogP contribution in [0.1, 0.15) is 12.8 Å². The van der Waals surface area contributed by atoms with Crippen molar-refractivity contribution in [2.45, 2.75) is 24.8 Å². The number of fused-ring (bicyclic) bond motifs is 3. The molecule has 24 heavy (non-hydrogen) atoms. The zero-order valence-corrected chi connectivity index (χ0v) is 13.4. The van der Waals surface area contributed by atoms with Gasteiger partial charge in [-0.2, -0.15) is 0 Å². The van der Waals surface area contributed by atoms with E-state index in [2.05, 4.69) is 14.9 Å². The fourth-order valence-corrected chi connectivity index (χ4v) is 4.47. The molecule has 0 radical (unpaired) electrons. The highest BCUT2D eigenvalue weighted by Gasteiger charge is 2.54. The first kappa shape index (κ1) is 14.5. The number of ether oxygens (including phenoxy) is 1. The number of nitrogens with two attached hydrogens (primary N) is 1. The summed E-state index contributed by atoms with van der Waals surface area (Å²) in [6.45, 7) is 3.91. The monoisotopic (exact) mass is 329 g/mol. The van der Waals surface area contributed by atoms with E-state index in [0.717, 1.165) is 37.9 Å². The van der Waals surface area contributed by atoms with Gasteiger partial charge in [-0.25, -0.2) is 14.4 Å². The van der Waals surface area contributed by atoms with Gasteiger partial charge in [0.25, 0.3) is 0 Å². The Morgan fingerprint density at radius 3 is 2.83 bits per heavy atom. The second kappa shape index (κ2) is 5.08. The van der Waals surface area contributed by atoms with Crippen LogP contribution in [0, 0.1) is 11.7 Å². The maximum absolute atomic E-state index is 13.5. The summed E-state index contributed by atoms with van der Waals surface area (Å²) in [6, 6.07) is 4.52. The first-order valence-corrected chi connectivity index (χ1v) is 8.48. The van der Waals surface area contributed by atoms with Crippen molar-refractivity contribution in [2.75, 3.05) is 31.1 Å². The maximum atomic E-state index is 13.5. The standard InChI is InChI=1S/C17H20FN5O/c18-13-2-1-11-8-20-16(21-14(11)7-13)23-10-17(24-15(23)19)9-22-5-3-12(17)4-6-22/h1-2,7-8,12,15H,3-6,9-10,19H2. The van der Waals surface area contributed by atoms with E-state index in [4.69, 9.17) is 10.5 Å². The van der Waals surface area contributed by atoms with Crippen LogP contribution in [-0.2, 0) is 4.74 Å². The predicted octanol–water partition coefficient (Wildman–Crippen LogP) is 1.31. The van der Waals surface area contributed by atoms with Crippen molar-refractivity contribution in [1.82, 2.24) is 14.9 Å². The highest BCUT2D eigenvalue weighted by molar-refractivity contribution is 5.78. The number of rotatable bonds is 1. The number of anilines is 1. The van der Waals surface area contributed by atoms with Crippen molar-refractivity contribution in [1.29, 1.82) is 0 Å². The third-order valence-electron chi connectivity index (χ3n) is 5.71. The molecule has 6 rings (SSSR count). The third kappa shape index (κ3) is 2.12. The van der Waals surface area contributed by atoms with Gasteiger partial charge in [0, 0.05) is 24.2 Å². The van der Waals surface area contributed by atoms with Crippen LogP contribution in [0.3, 0.4) is 0 Å². The summed E-state index contributed by atoms with van der Waals surface area (Å²) in [5.41, 5.74) is 6.61. The summed E-state index contributed by atoms with van der Waals surface area (Å²) in [4.78, 5) is 13.3. The van der Waals surface area contributed by atoms with E-state index < -0.39 is 6.35 Å². The molecule has 6 nitrogen and oxygen atoms in total. The van der Waals surface area contributed by atoms with Gasteiger partial charge in [-0.05, 0) is 44.0 Å². The molecule has 4 saturated heterocycles. The lowest BCUT2D eigenvalue weighted by atomic mass is 9.75. The Morgan fingerprint density at radius 1 is 1.25 bits per heavy atom. The Balaban J connectivity index is 1.49. The summed E-state index contributed by atoms with van der Waals surface area (Å²) in [5, 5.41) is 0.811. The Kier molecular flexibility index (Phi) is 3.07. The van der Waals surface area contributed by atoms with Crippen LogP contribution < -0.4 is 10.6 Å². The van der Waals surface area contributed by atoms with Crippen molar-refractivity contribution < 1.29 is 9.13 Å². The van der Waals surface area contributed by atoms with Gasteiger partial charge in [-0.1, -0.05) is 0 Å². The SMILES string of the molecule is NC1OC2(CN3CCC2CC3)CN1c1ncc2ccc(F)cc2n1. The van der Waals surface area contributed by atoms with Crippen molar-refractivity contribution in [3.8, 4) is 0 Å². The quantitative estimate of drug-likeness (QED) is 0.851. The fourth-order valence-electron chi connectivity index (χ4n) is 4.47. The molecule has 4 aliphatic heterocycles. The van der Waals surface area contributed by atoms with Crippen molar-refractivity contribution in [3.63, 3.8) is 0 Å². The summed E-state index contributed by atoms with van der Waals surface area (Å²) >= 11 is 0. The maximum Gasteiger partial charge on any atom is 0.229 e. The van der Waals surface area contributed by atoms with Crippen LogP contribution >= 0.6 is 0 Å². The molecule has 2 unspecified atom stereocenters. The lowest BCUT2D eigenvalue weighted by Gasteiger charge is -2.50. The minimum absolute atomic E-state index is 0.226. The predicted molar refractivity (Wildman–Crippen MR) is 87.8 cm³/mol. The van der Waals surface area contributed by atoms with Crippen LogP contribution in [0.15, 0.2) is 24.4 Å². The van der Waals surface area contributed by atoms with Crippen LogP contribution in [-0.4, -0.2) is 53.0 Å². The highest BCUT2D eigenvalue weighted by Crippen LogP contribution is 2.43. The van der Waals surface area contributed by atoms with E-state index in [9.17, 15) is 4.39 Å². The van der Waals surface area contributed by atoms with E-state index in [-0.39, 0.29) is 11.4 Å². The van der Waals surface area contributed by atoms with E-state index in [1.165, 1.54) is 12.1 Å². The second-order valence-corrected chi connectivity index (χ2v) is 7.12. The van der Waals surface area contributed by atoms with Crippen molar-refractivity contribution in [2.24, 2.45) is 11.7 Å². The number of nitrogens with zero attached hydrogens (tertiary/aromatic N) is 4. The van der Waals surface area contributed by atoms with Crippen LogP contribution in [0.4, 0.5) is 10.3 Å². The van der Waals surface area contributed by atoms with Crippen LogP contribution in [0.5, 0.6) is 0 Å². The zero-order chi connectivity index (χ0) is 16.3. The van der Waals surface area contributed by atoms with Gasteiger partial charge in [0.15, 0.2) is 6.35 Å². The third-order valence-corrected chi connectivity index (χ3v) is 5.71. The van der Waals surface area contributed by atoms with E-state index in [0.29, 0.717) is 23.9 Å². The summed E-state index contributed by atoms with van der Waals surface area (Å²) < 4.78 is 19.7. The molecular formula is C17H20FN5O. The first-order chi connectivity index (χ1) is 11.6. The summed E-state index contributed by atoms with van der Waals surface area (Å²) in [6.07, 6.45) is 3.47. The number of hydrogen-bond donors (Lipinski definition) is 1. The molecule has 2 atom stereocenters. The van der Waals surface area contributed by atoms with Gasteiger partial charge in [0.05, 0.1) is 12.1 Å². The molecule has 1 spiro atoms. The lowest BCUT2D eigenvalue weighted by molar-refractivity contribution is -0.137. The Labute approximate surface area is 139 Å². The zero-order valence-electron chi connectivity index (χ0n) is 13.4.